The van der Waals surface area contributed by atoms with Gasteiger partial charge in [-0.3, -0.25) is 14.4 Å². The highest BCUT2D eigenvalue weighted by Crippen LogP contribution is 2.27. The molecular formula is C16H23O4S2+. The third-order valence-corrected chi connectivity index (χ3v) is 3.61. The molecule has 0 amide bonds. The van der Waals surface area contributed by atoms with Crippen LogP contribution in [0.25, 0.3) is 0 Å². The van der Waals surface area contributed by atoms with E-state index < -0.39 is 0 Å². The maximum absolute atomic E-state index is 11.1. The summed E-state index contributed by atoms with van der Waals surface area (Å²) in [5.41, 5.74) is 0. The average molecular weight is 343 g/mol. The Morgan fingerprint density at radius 1 is 1.14 bits per heavy atom. The quantitative estimate of drug-likeness (QED) is 0.474. The lowest BCUT2D eigenvalue weighted by Gasteiger charge is -2.08. The molecule has 0 N–H and O–H groups in total. The van der Waals surface area contributed by atoms with Gasteiger partial charge < -0.3 is 0 Å². The van der Waals surface area contributed by atoms with Gasteiger partial charge >= 0.3 is 11.6 Å². The van der Waals surface area contributed by atoms with Crippen LogP contribution >= 0.6 is 24.4 Å². The van der Waals surface area contributed by atoms with Gasteiger partial charge in [0.05, 0.1) is 11.7 Å². The van der Waals surface area contributed by atoms with Gasteiger partial charge in [-0.15, -0.1) is 11.8 Å². The summed E-state index contributed by atoms with van der Waals surface area (Å²) in [4.78, 5) is 42.1. The van der Waals surface area contributed by atoms with E-state index >= 15 is 0 Å². The molecule has 0 saturated heterocycles. The molecule has 0 bridgehead atoms. The Hall–Kier alpha value is -0.970. The predicted octanol–water partition coefficient (Wildman–Crippen LogP) is 2.64. The van der Waals surface area contributed by atoms with E-state index in [1.807, 2.05) is 27.7 Å². The number of allylic oxidation sites excluding steroid dienone is 2. The first-order valence-corrected chi connectivity index (χ1v) is 8.61. The molecule has 0 aliphatic heterocycles. The van der Waals surface area contributed by atoms with Crippen LogP contribution in [0.3, 0.4) is 0 Å². The molecular weight excluding hydrogens is 320 g/mol. The number of hydrogen-bond donors (Lipinski definition) is 1. The van der Waals surface area contributed by atoms with Crippen LogP contribution in [0.1, 0.15) is 47.0 Å². The molecule has 1 unspecified atom stereocenters. The van der Waals surface area contributed by atoms with E-state index in [1.54, 1.807) is 11.8 Å². The van der Waals surface area contributed by atoms with Crippen LogP contribution < -0.4 is 0 Å². The Morgan fingerprint density at radius 2 is 1.68 bits per heavy atom. The predicted molar refractivity (Wildman–Crippen MR) is 92.3 cm³/mol. The molecule has 22 heavy (non-hydrogen) atoms. The van der Waals surface area contributed by atoms with E-state index in [1.165, 1.54) is 6.08 Å². The monoisotopic (exact) mass is 343 g/mol. The summed E-state index contributed by atoms with van der Waals surface area (Å²) in [5, 5.41) is 0.928. The summed E-state index contributed by atoms with van der Waals surface area (Å²) in [5.74, 6) is -0.114. The largest absolute Gasteiger partial charge is 0.323 e. The van der Waals surface area contributed by atoms with Crippen molar-refractivity contribution in [3.05, 3.63) is 12.2 Å². The maximum atomic E-state index is 11.1. The Morgan fingerprint density at radius 3 is 1.91 bits per heavy atom. The molecule has 122 valence electrons. The van der Waals surface area contributed by atoms with E-state index in [9.17, 15) is 19.2 Å². The van der Waals surface area contributed by atoms with Crippen molar-refractivity contribution in [3.8, 4) is 0 Å². The van der Waals surface area contributed by atoms with Crippen molar-refractivity contribution in [2.75, 3.05) is 0 Å². The summed E-state index contributed by atoms with van der Waals surface area (Å²) in [6.07, 6.45) is 4.10. The van der Waals surface area contributed by atoms with Gasteiger partial charge in [0.15, 0.2) is 18.3 Å². The summed E-state index contributed by atoms with van der Waals surface area (Å²) >= 11 is 5.57. The number of ketones is 4. The van der Waals surface area contributed by atoms with Crippen LogP contribution in [0.2, 0.25) is 0 Å². The first-order chi connectivity index (χ1) is 10.1. The molecule has 1 saturated carbocycles. The molecule has 1 fully saturated rings. The van der Waals surface area contributed by atoms with Crippen LogP contribution in [0.4, 0.5) is 0 Å². The van der Waals surface area contributed by atoms with Gasteiger partial charge in [0.25, 0.3) is 0 Å². The van der Waals surface area contributed by atoms with Crippen molar-refractivity contribution in [1.29, 1.82) is 0 Å². The molecule has 0 aromatic carbocycles. The highest BCUT2D eigenvalue weighted by molar-refractivity contribution is 8.01. The standard InChI is InChI=1S/C8H12O2S.C5H3O2.C3H8S/c1-5(2)11-8-4-6(9)3-7(8)10;6-4-1-2-5(7)3-4;1-3(2)4/h5,8H,3-4H2,1-2H3;1H,3H2;3-4H,1-2H3/q;+1;. The first kappa shape index (κ1) is 21.0. The molecule has 1 atom stereocenters. The van der Waals surface area contributed by atoms with E-state index in [0.29, 0.717) is 16.9 Å². The molecule has 2 aliphatic rings. The zero-order chi connectivity index (χ0) is 17.3. The van der Waals surface area contributed by atoms with E-state index in [0.717, 1.165) is 0 Å². The zero-order valence-corrected chi connectivity index (χ0v) is 15.1. The fraction of sp³-hybridized carbons (Fsp3) is 0.625. The summed E-state index contributed by atoms with van der Waals surface area (Å²) in [6, 6.07) is 0. The second-order valence-electron chi connectivity index (χ2n) is 5.51. The van der Waals surface area contributed by atoms with Crippen LogP contribution in [-0.2, 0) is 19.2 Å². The van der Waals surface area contributed by atoms with Gasteiger partial charge in [0.1, 0.15) is 5.78 Å². The zero-order valence-electron chi connectivity index (χ0n) is 13.4. The fourth-order valence-electron chi connectivity index (χ4n) is 1.57. The Balaban J connectivity index is 0.000000343. The minimum absolute atomic E-state index is 0.0278. The Bertz CT molecular complexity index is 434. The molecule has 6 heteroatoms. The molecule has 0 radical (unpaired) electrons. The Labute approximate surface area is 141 Å². The third-order valence-electron chi connectivity index (χ3n) is 2.31. The molecule has 0 aromatic rings. The lowest BCUT2D eigenvalue weighted by Crippen LogP contribution is -2.11. The van der Waals surface area contributed by atoms with Crippen LogP contribution in [0.5, 0.6) is 0 Å². The maximum Gasteiger partial charge on any atom is 0.323 e. The highest BCUT2D eigenvalue weighted by Gasteiger charge is 2.31. The van der Waals surface area contributed by atoms with Crippen LogP contribution in [-0.4, -0.2) is 38.9 Å². The minimum Gasteiger partial charge on any atom is -0.299 e. The SMILES string of the molecule is CC(C)S.CC(C)SC1CC(=O)CC1=O.O=C1[C+]=CC(=O)C1. The first-order valence-electron chi connectivity index (χ1n) is 7.15. The molecule has 0 heterocycles. The van der Waals surface area contributed by atoms with Crippen molar-refractivity contribution in [1.82, 2.24) is 0 Å². The fourth-order valence-corrected chi connectivity index (χ4v) is 2.75. The lowest BCUT2D eigenvalue weighted by atomic mass is 10.3. The normalized spacial score (nSPS) is 19.9. The van der Waals surface area contributed by atoms with Crippen molar-refractivity contribution in [2.45, 2.75) is 62.7 Å². The number of carbonyl (C=O) groups excluding carboxylic acids is 4. The third kappa shape index (κ3) is 10.7. The smallest absolute Gasteiger partial charge is 0.299 e. The minimum atomic E-state index is -0.204. The second kappa shape index (κ2) is 10.7. The number of rotatable bonds is 2. The van der Waals surface area contributed by atoms with E-state index in [2.05, 4.69) is 18.7 Å². The van der Waals surface area contributed by atoms with Crippen molar-refractivity contribution >= 4 is 47.5 Å². The molecule has 2 aliphatic carbocycles. The number of thiol groups is 1. The highest BCUT2D eigenvalue weighted by atomic mass is 32.2. The molecule has 4 nitrogen and oxygen atoms in total. The molecule has 0 spiro atoms. The topological polar surface area (TPSA) is 68.3 Å². The van der Waals surface area contributed by atoms with Crippen LogP contribution in [0, 0.1) is 6.08 Å². The number of thioether (sulfide) groups is 1. The van der Waals surface area contributed by atoms with Gasteiger partial charge in [-0.05, 0) is 10.5 Å². The number of hydrogen-bond acceptors (Lipinski definition) is 6. The summed E-state index contributed by atoms with van der Waals surface area (Å²) in [6.45, 7) is 8.15. The van der Waals surface area contributed by atoms with Crippen molar-refractivity contribution in [3.63, 3.8) is 0 Å². The summed E-state index contributed by atoms with van der Waals surface area (Å²) < 4.78 is 0. The second-order valence-corrected chi connectivity index (χ2v) is 8.32. The lowest BCUT2D eigenvalue weighted by molar-refractivity contribution is -0.122. The van der Waals surface area contributed by atoms with Gasteiger partial charge in [-0.2, -0.15) is 17.4 Å². The number of Topliss-reactive ketones (excluding diaryl/α,β-unsaturated/α-hetero) is 3. The average Bonchev–Trinajstić information content (AvgIpc) is 2.84. The van der Waals surface area contributed by atoms with E-state index in [-0.39, 0.29) is 41.2 Å². The van der Waals surface area contributed by atoms with Gasteiger partial charge in [-0.1, -0.05) is 27.7 Å². The molecule has 2 rings (SSSR count). The van der Waals surface area contributed by atoms with Gasteiger partial charge in [-0.25, -0.2) is 0 Å². The van der Waals surface area contributed by atoms with Gasteiger partial charge in [0, 0.05) is 6.42 Å². The van der Waals surface area contributed by atoms with Gasteiger partial charge in [0.2, 0.25) is 6.08 Å². The van der Waals surface area contributed by atoms with E-state index in [4.69, 9.17) is 0 Å². The number of carbonyl (C=O) groups is 4. The molecule has 0 aromatic heterocycles. The van der Waals surface area contributed by atoms with Crippen molar-refractivity contribution < 1.29 is 19.2 Å². The Kier molecular flexibility index (Phi) is 10.2. The van der Waals surface area contributed by atoms with Crippen molar-refractivity contribution in [2.24, 2.45) is 0 Å². The van der Waals surface area contributed by atoms with Crippen LogP contribution in [0.15, 0.2) is 6.08 Å². The summed E-state index contributed by atoms with van der Waals surface area (Å²) in [7, 11) is 0.